The molecule has 0 atom stereocenters. The highest BCUT2D eigenvalue weighted by molar-refractivity contribution is 6.17. The van der Waals surface area contributed by atoms with Gasteiger partial charge in [0.25, 0.3) is 6.43 Å². The van der Waals surface area contributed by atoms with Gasteiger partial charge in [0.2, 0.25) is 5.95 Å². The second-order valence-corrected chi connectivity index (χ2v) is 2.81. The zero-order valence-electron chi connectivity index (χ0n) is 6.82. The molecule has 5 heteroatoms. The van der Waals surface area contributed by atoms with Crippen LogP contribution in [-0.4, -0.2) is 4.98 Å². The van der Waals surface area contributed by atoms with Crippen LogP contribution in [0.2, 0.25) is 0 Å². The Bertz CT molecular complexity index is 315. The molecule has 0 aliphatic carbocycles. The van der Waals surface area contributed by atoms with Crippen LogP contribution in [-0.2, 0) is 5.88 Å². The lowest BCUT2D eigenvalue weighted by Gasteiger charge is -2.09. The summed E-state index contributed by atoms with van der Waals surface area (Å²) in [6.45, 7) is 1.26. The van der Waals surface area contributed by atoms with Crippen LogP contribution < -0.4 is 0 Å². The maximum Gasteiger partial charge on any atom is 0.264 e. The molecular formula is C8H7ClF3N. The van der Waals surface area contributed by atoms with E-state index < -0.39 is 12.4 Å². The molecule has 1 nitrogen and oxygen atoms in total. The summed E-state index contributed by atoms with van der Waals surface area (Å²) in [5, 5.41) is 0. The molecule has 0 radical (unpaired) electrons. The fraction of sp³-hybridized carbons (Fsp3) is 0.375. The van der Waals surface area contributed by atoms with Crippen LogP contribution in [0.25, 0.3) is 0 Å². The molecule has 1 aromatic heterocycles. The first-order chi connectivity index (χ1) is 6.07. The van der Waals surface area contributed by atoms with Gasteiger partial charge in [-0.1, -0.05) is 0 Å². The maximum absolute atomic E-state index is 12.8. The van der Waals surface area contributed by atoms with E-state index in [0.717, 1.165) is 6.20 Å². The SMILES string of the molecule is Cc1c(F)ncc(CCl)c1C(F)F. The third-order valence-electron chi connectivity index (χ3n) is 1.76. The maximum atomic E-state index is 12.8. The Balaban J connectivity index is 3.32. The Morgan fingerprint density at radius 1 is 1.54 bits per heavy atom. The smallest absolute Gasteiger partial charge is 0.228 e. The number of halogens is 4. The van der Waals surface area contributed by atoms with Crippen molar-refractivity contribution in [1.29, 1.82) is 0 Å². The van der Waals surface area contributed by atoms with Gasteiger partial charge in [0.15, 0.2) is 0 Å². The van der Waals surface area contributed by atoms with Crippen molar-refractivity contribution < 1.29 is 13.2 Å². The summed E-state index contributed by atoms with van der Waals surface area (Å²) in [6, 6.07) is 0. The second-order valence-electron chi connectivity index (χ2n) is 2.55. The molecule has 0 aliphatic rings. The minimum absolute atomic E-state index is 0.0895. The van der Waals surface area contributed by atoms with E-state index in [1.165, 1.54) is 6.92 Å². The largest absolute Gasteiger partial charge is 0.264 e. The first-order valence-corrected chi connectivity index (χ1v) is 4.09. The van der Waals surface area contributed by atoms with E-state index in [4.69, 9.17) is 11.6 Å². The molecule has 1 aromatic rings. The summed E-state index contributed by atoms with van der Waals surface area (Å²) in [7, 11) is 0. The monoisotopic (exact) mass is 209 g/mol. The van der Waals surface area contributed by atoms with Crippen molar-refractivity contribution in [3.05, 3.63) is 28.8 Å². The lowest BCUT2D eigenvalue weighted by atomic mass is 10.1. The van der Waals surface area contributed by atoms with Crippen LogP contribution >= 0.6 is 11.6 Å². The third kappa shape index (κ3) is 1.94. The minimum Gasteiger partial charge on any atom is -0.228 e. The summed E-state index contributed by atoms with van der Waals surface area (Å²) in [4.78, 5) is 3.31. The molecular weight excluding hydrogens is 203 g/mol. The predicted molar refractivity (Wildman–Crippen MR) is 43.4 cm³/mol. The molecule has 0 amide bonds. The van der Waals surface area contributed by atoms with Crippen molar-refractivity contribution in [3.63, 3.8) is 0 Å². The van der Waals surface area contributed by atoms with E-state index in [1.807, 2.05) is 0 Å². The fourth-order valence-corrected chi connectivity index (χ4v) is 1.28. The van der Waals surface area contributed by atoms with Gasteiger partial charge in [-0.2, -0.15) is 4.39 Å². The van der Waals surface area contributed by atoms with E-state index in [0.29, 0.717) is 0 Å². The van der Waals surface area contributed by atoms with Crippen molar-refractivity contribution in [2.24, 2.45) is 0 Å². The van der Waals surface area contributed by atoms with E-state index in [1.54, 1.807) is 0 Å². The van der Waals surface area contributed by atoms with Gasteiger partial charge >= 0.3 is 0 Å². The van der Waals surface area contributed by atoms with Crippen molar-refractivity contribution in [1.82, 2.24) is 4.98 Å². The Kier molecular flexibility index (Phi) is 3.14. The van der Waals surface area contributed by atoms with Gasteiger partial charge in [0.05, 0.1) is 0 Å². The molecule has 0 aliphatic heterocycles. The standard InChI is InChI=1S/C8H7ClF3N/c1-4-6(7(10)11)5(2-9)3-13-8(4)12/h3,7H,2H2,1H3. The molecule has 0 aromatic carbocycles. The summed E-state index contributed by atoms with van der Waals surface area (Å²) in [5.41, 5.74) is -0.300. The van der Waals surface area contributed by atoms with Gasteiger partial charge in [0.1, 0.15) is 0 Å². The number of alkyl halides is 3. The highest BCUT2D eigenvalue weighted by Gasteiger charge is 2.18. The van der Waals surface area contributed by atoms with E-state index >= 15 is 0 Å². The summed E-state index contributed by atoms with van der Waals surface area (Å²) >= 11 is 5.40. The molecule has 0 saturated heterocycles. The fourth-order valence-electron chi connectivity index (χ4n) is 1.06. The van der Waals surface area contributed by atoms with Crippen molar-refractivity contribution >= 4 is 11.6 Å². The highest BCUT2D eigenvalue weighted by Crippen LogP contribution is 2.27. The molecule has 1 heterocycles. The first-order valence-electron chi connectivity index (χ1n) is 3.56. The Labute approximate surface area is 78.5 Å². The topological polar surface area (TPSA) is 12.9 Å². The quantitative estimate of drug-likeness (QED) is 0.538. The molecule has 0 unspecified atom stereocenters. The highest BCUT2D eigenvalue weighted by atomic mass is 35.5. The number of aromatic nitrogens is 1. The van der Waals surface area contributed by atoms with Gasteiger partial charge in [-0.15, -0.1) is 11.6 Å². The molecule has 0 bridgehead atoms. The number of pyridine rings is 1. The van der Waals surface area contributed by atoms with Gasteiger partial charge < -0.3 is 0 Å². The third-order valence-corrected chi connectivity index (χ3v) is 2.04. The molecule has 0 fully saturated rings. The Morgan fingerprint density at radius 3 is 2.62 bits per heavy atom. The lowest BCUT2D eigenvalue weighted by molar-refractivity contribution is 0.149. The van der Waals surface area contributed by atoms with Gasteiger partial charge in [-0.3, -0.25) is 0 Å². The van der Waals surface area contributed by atoms with E-state index in [-0.39, 0.29) is 22.6 Å². The van der Waals surface area contributed by atoms with Crippen LogP contribution in [0.4, 0.5) is 13.2 Å². The predicted octanol–water partition coefficient (Wildman–Crippen LogP) is 3.21. The van der Waals surface area contributed by atoms with Gasteiger partial charge in [-0.25, -0.2) is 13.8 Å². The van der Waals surface area contributed by atoms with Crippen LogP contribution in [0.3, 0.4) is 0 Å². The normalized spacial score (nSPS) is 10.9. The van der Waals surface area contributed by atoms with Gasteiger partial charge in [0, 0.05) is 23.2 Å². The lowest BCUT2D eigenvalue weighted by Crippen LogP contribution is -2.01. The van der Waals surface area contributed by atoms with Gasteiger partial charge in [-0.05, 0) is 12.5 Å². The van der Waals surface area contributed by atoms with Crippen LogP contribution in [0, 0.1) is 12.9 Å². The second kappa shape index (κ2) is 3.96. The zero-order valence-corrected chi connectivity index (χ0v) is 7.58. The minimum atomic E-state index is -2.72. The Morgan fingerprint density at radius 2 is 2.15 bits per heavy atom. The molecule has 0 N–H and O–H groups in total. The van der Waals surface area contributed by atoms with Crippen molar-refractivity contribution in [2.75, 3.05) is 0 Å². The number of rotatable bonds is 2. The average molecular weight is 210 g/mol. The molecule has 72 valence electrons. The van der Waals surface area contributed by atoms with Crippen molar-refractivity contribution in [2.45, 2.75) is 19.2 Å². The van der Waals surface area contributed by atoms with Crippen LogP contribution in [0.15, 0.2) is 6.20 Å². The van der Waals surface area contributed by atoms with Crippen LogP contribution in [0.5, 0.6) is 0 Å². The number of hydrogen-bond donors (Lipinski definition) is 0. The molecule has 0 saturated carbocycles. The Hall–Kier alpha value is -0.770. The summed E-state index contributed by atoms with van der Waals surface area (Å²) in [6.07, 6.45) is -1.68. The molecule has 1 rings (SSSR count). The molecule has 13 heavy (non-hydrogen) atoms. The molecule has 0 spiro atoms. The average Bonchev–Trinajstić information content (AvgIpc) is 2.08. The van der Waals surface area contributed by atoms with E-state index in [9.17, 15) is 13.2 Å². The zero-order chi connectivity index (χ0) is 10.0. The van der Waals surface area contributed by atoms with E-state index in [2.05, 4.69) is 4.98 Å². The van der Waals surface area contributed by atoms with Crippen molar-refractivity contribution in [3.8, 4) is 0 Å². The summed E-state index contributed by atoms with van der Waals surface area (Å²) < 4.78 is 37.6. The first kappa shape index (κ1) is 10.3. The number of nitrogens with zero attached hydrogens (tertiary/aromatic N) is 1. The number of hydrogen-bond acceptors (Lipinski definition) is 1. The van der Waals surface area contributed by atoms with Crippen LogP contribution in [0.1, 0.15) is 23.1 Å². The summed E-state index contributed by atoms with van der Waals surface area (Å²) in [5.74, 6) is -0.961.